The summed E-state index contributed by atoms with van der Waals surface area (Å²) in [5.41, 5.74) is 2.76. The van der Waals surface area contributed by atoms with E-state index in [0.717, 1.165) is 23.8 Å². The van der Waals surface area contributed by atoms with Crippen LogP contribution in [0.5, 0.6) is 11.5 Å². The molecule has 2 amide bonds. The Morgan fingerprint density at radius 3 is 2.39 bits per heavy atom. The van der Waals surface area contributed by atoms with Gasteiger partial charge in [0, 0.05) is 67.4 Å². The van der Waals surface area contributed by atoms with Gasteiger partial charge < -0.3 is 30.1 Å². The summed E-state index contributed by atoms with van der Waals surface area (Å²) < 4.78 is 95.6. The molecule has 5 rings (SSSR count). The number of pyridine rings is 1. The van der Waals surface area contributed by atoms with E-state index in [9.17, 15) is 40.7 Å². The van der Waals surface area contributed by atoms with Crippen molar-refractivity contribution in [3.05, 3.63) is 75.7 Å². The molecule has 0 spiro atoms. The Kier molecular flexibility index (Phi) is 12.2. The van der Waals surface area contributed by atoms with Gasteiger partial charge in [-0.3, -0.25) is 19.4 Å². The summed E-state index contributed by atoms with van der Waals surface area (Å²) in [6.45, 7) is 3.63. The molecule has 3 N–H and O–H groups in total. The molecule has 1 aromatic carbocycles. The lowest BCUT2D eigenvalue weighted by Gasteiger charge is -2.51. The first-order valence-corrected chi connectivity index (χ1v) is 18.5. The van der Waals surface area contributed by atoms with Crippen LogP contribution in [-0.4, -0.2) is 75.1 Å². The summed E-state index contributed by atoms with van der Waals surface area (Å²) >= 11 is 0.375. The van der Waals surface area contributed by atoms with E-state index >= 15 is 0 Å². The molecule has 0 saturated carbocycles. The fraction of sp³-hybridized carbons (Fsp3) is 0.514. The van der Waals surface area contributed by atoms with Crippen LogP contribution in [-0.2, 0) is 27.5 Å². The van der Waals surface area contributed by atoms with Gasteiger partial charge in [0.15, 0.2) is 0 Å². The predicted octanol–water partition coefficient (Wildman–Crippen LogP) is 7.51. The second-order valence-electron chi connectivity index (χ2n) is 13.8. The van der Waals surface area contributed by atoms with Crippen LogP contribution in [0.25, 0.3) is 0 Å². The van der Waals surface area contributed by atoms with Crippen molar-refractivity contribution in [2.24, 2.45) is 5.73 Å². The number of carbonyl (C=O) groups excluding carboxylic acids is 2. The number of para-hydroxylation sites is 1. The average molecular weight is 785 g/mol. The lowest BCUT2D eigenvalue weighted by Crippen LogP contribution is -2.69. The number of likely N-dealkylation sites (tertiary alicyclic amines) is 2. The van der Waals surface area contributed by atoms with Crippen LogP contribution in [0.15, 0.2) is 54.2 Å². The van der Waals surface area contributed by atoms with Crippen molar-refractivity contribution in [3.63, 3.8) is 0 Å². The second kappa shape index (κ2) is 16.2. The zero-order valence-corrected chi connectivity index (χ0v) is 30.5. The van der Waals surface area contributed by atoms with E-state index in [0.29, 0.717) is 35.1 Å². The SMILES string of the molecule is CCC[C@H]1N(C(=O)c2cnccc2C(F)(F)F)CCC[C@@]1(Oc1csc(C(F)(F)F)c1)C(=O)N1CCC(N)(c2ccccc2OC(C)CCC(=O)O)CC1. The third-order valence-electron chi connectivity index (χ3n) is 10.0. The standard InChI is InChI=1S/C37H42F6N4O6S/c1-3-7-29-35(53-24-20-30(54-22-24)37(41,42)43,13-6-17-47(29)32(50)25-21-45-16-12-26(25)36(38,39)40)33(51)46-18-14-34(44,15-19-46)27-8-4-5-9-28(27)52-23(2)10-11-31(48)49/h4-5,8-9,12,16,20-23,29H,3,6-7,10-11,13-15,17-19,44H2,1-2H3,(H,48,49)/t23?,29-,35+/m1/s1. The highest BCUT2D eigenvalue weighted by Crippen LogP contribution is 2.44. The Morgan fingerprint density at radius 1 is 1.06 bits per heavy atom. The largest absolute Gasteiger partial charge is 0.490 e. The summed E-state index contributed by atoms with van der Waals surface area (Å²) in [5, 5.41) is 10.2. The monoisotopic (exact) mass is 784 g/mol. The number of hydrogen-bond acceptors (Lipinski definition) is 8. The van der Waals surface area contributed by atoms with Crippen molar-refractivity contribution in [3.8, 4) is 11.5 Å². The molecule has 294 valence electrons. The number of piperidine rings is 2. The number of carbonyl (C=O) groups is 3. The van der Waals surface area contributed by atoms with Crippen LogP contribution < -0.4 is 15.2 Å². The first kappa shape index (κ1) is 40.8. The van der Waals surface area contributed by atoms with E-state index in [1.54, 1.807) is 38.1 Å². The third-order valence-corrected chi connectivity index (χ3v) is 11.0. The normalized spacial score (nSPS) is 21.0. The molecule has 0 aliphatic carbocycles. The van der Waals surface area contributed by atoms with Gasteiger partial charge in [-0.1, -0.05) is 31.5 Å². The Balaban J connectivity index is 1.48. The fourth-order valence-corrected chi connectivity index (χ4v) is 8.01. The van der Waals surface area contributed by atoms with Gasteiger partial charge in [-0.2, -0.15) is 26.3 Å². The minimum atomic E-state index is -4.89. The van der Waals surface area contributed by atoms with Crippen molar-refractivity contribution >= 4 is 29.1 Å². The number of rotatable bonds is 12. The van der Waals surface area contributed by atoms with Crippen LogP contribution in [0.1, 0.15) is 91.6 Å². The fourth-order valence-electron chi connectivity index (χ4n) is 7.33. The molecule has 2 saturated heterocycles. The van der Waals surface area contributed by atoms with Crippen LogP contribution in [0.2, 0.25) is 0 Å². The molecule has 4 heterocycles. The number of alkyl halides is 6. The Labute approximate surface area is 312 Å². The minimum Gasteiger partial charge on any atom is -0.490 e. The number of carboxylic acid groups (broad SMARTS) is 1. The maximum atomic E-state index is 14.9. The molecule has 1 unspecified atom stereocenters. The number of hydrogen-bond donors (Lipinski definition) is 2. The number of thiophene rings is 1. The van der Waals surface area contributed by atoms with Gasteiger partial charge in [0.2, 0.25) is 5.60 Å². The quantitative estimate of drug-likeness (QED) is 0.180. The number of benzene rings is 1. The van der Waals surface area contributed by atoms with Gasteiger partial charge in [-0.15, -0.1) is 11.3 Å². The summed E-state index contributed by atoms with van der Waals surface area (Å²) in [6, 6.07) is 7.38. The summed E-state index contributed by atoms with van der Waals surface area (Å²) in [7, 11) is 0. The predicted molar refractivity (Wildman–Crippen MR) is 186 cm³/mol. The highest BCUT2D eigenvalue weighted by molar-refractivity contribution is 7.10. The number of ether oxygens (including phenoxy) is 2. The maximum Gasteiger partial charge on any atom is 0.425 e. The van der Waals surface area contributed by atoms with Crippen molar-refractivity contribution in [1.29, 1.82) is 0 Å². The third kappa shape index (κ3) is 8.77. The molecular formula is C37H42F6N4O6S. The summed E-state index contributed by atoms with van der Waals surface area (Å²) in [5.74, 6) is -2.38. The van der Waals surface area contributed by atoms with Crippen molar-refractivity contribution in [2.75, 3.05) is 19.6 Å². The number of nitrogens with zero attached hydrogens (tertiary/aromatic N) is 3. The van der Waals surface area contributed by atoms with E-state index in [2.05, 4.69) is 4.98 Å². The van der Waals surface area contributed by atoms with Crippen LogP contribution >= 0.6 is 11.3 Å². The van der Waals surface area contributed by atoms with Crippen molar-refractivity contribution in [1.82, 2.24) is 14.8 Å². The number of amides is 2. The highest BCUT2D eigenvalue weighted by Gasteiger charge is 2.56. The molecule has 2 aliphatic heterocycles. The Hall–Kier alpha value is -4.38. The van der Waals surface area contributed by atoms with Gasteiger partial charge in [0.1, 0.15) is 16.4 Å². The summed E-state index contributed by atoms with van der Waals surface area (Å²) in [4.78, 5) is 45.5. The first-order chi connectivity index (χ1) is 25.4. The topological polar surface area (TPSA) is 135 Å². The van der Waals surface area contributed by atoms with E-state index in [-0.39, 0.29) is 70.3 Å². The molecule has 17 heteroatoms. The van der Waals surface area contributed by atoms with Crippen molar-refractivity contribution < 1.29 is 55.3 Å². The highest BCUT2D eigenvalue weighted by atomic mass is 32.1. The molecule has 2 aliphatic rings. The Morgan fingerprint density at radius 2 is 1.76 bits per heavy atom. The maximum absolute atomic E-state index is 14.9. The lowest BCUT2D eigenvalue weighted by molar-refractivity contribution is -0.161. The number of aliphatic carboxylic acids is 1. The Bertz CT molecular complexity index is 1810. The van der Waals surface area contributed by atoms with Gasteiger partial charge in [-0.05, 0) is 51.2 Å². The molecule has 2 fully saturated rings. The van der Waals surface area contributed by atoms with E-state index in [1.165, 1.54) is 9.80 Å². The van der Waals surface area contributed by atoms with E-state index in [1.807, 2.05) is 0 Å². The van der Waals surface area contributed by atoms with Crippen molar-refractivity contribution in [2.45, 2.75) is 101 Å². The summed E-state index contributed by atoms with van der Waals surface area (Å²) in [6.07, 6.45) is -7.13. The molecule has 54 heavy (non-hydrogen) atoms. The van der Waals surface area contributed by atoms with Gasteiger partial charge in [-0.25, -0.2) is 0 Å². The molecular weight excluding hydrogens is 742 g/mol. The number of halogens is 6. The average Bonchev–Trinajstić information content (AvgIpc) is 3.60. The van der Waals surface area contributed by atoms with Gasteiger partial charge in [0.05, 0.1) is 23.3 Å². The molecule has 2 aromatic heterocycles. The van der Waals surface area contributed by atoms with Gasteiger partial charge in [0.25, 0.3) is 11.8 Å². The second-order valence-corrected chi connectivity index (χ2v) is 14.7. The number of aromatic nitrogens is 1. The molecule has 10 nitrogen and oxygen atoms in total. The molecule has 3 aromatic rings. The van der Waals surface area contributed by atoms with E-state index in [4.69, 9.17) is 20.3 Å². The zero-order valence-electron chi connectivity index (χ0n) is 29.7. The van der Waals surface area contributed by atoms with Crippen LogP contribution in [0, 0.1) is 0 Å². The van der Waals surface area contributed by atoms with Gasteiger partial charge >= 0.3 is 18.3 Å². The first-order valence-electron chi connectivity index (χ1n) is 17.6. The number of carboxylic acids is 1. The lowest BCUT2D eigenvalue weighted by atomic mass is 9.77. The van der Waals surface area contributed by atoms with Crippen LogP contribution in [0.4, 0.5) is 26.3 Å². The molecule has 0 radical (unpaired) electrons. The minimum absolute atomic E-state index is 0.0220. The zero-order chi connectivity index (χ0) is 39.5. The number of nitrogens with two attached hydrogens (primary N) is 1. The van der Waals surface area contributed by atoms with E-state index < -0.39 is 69.4 Å². The molecule has 3 atom stereocenters. The molecule has 0 bridgehead atoms. The smallest absolute Gasteiger partial charge is 0.425 e. The van der Waals surface area contributed by atoms with Crippen LogP contribution in [0.3, 0.4) is 0 Å².